The first-order valence-corrected chi connectivity index (χ1v) is 16.8. The van der Waals surface area contributed by atoms with Crippen LogP contribution in [-0.2, 0) is 38.5 Å². The number of aliphatic hydroxyl groups excluding tert-OH is 1. The fourth-order valence-electron chi connectivity index (χ4n) is 3.99. The van der Waals surface area contributed by atoms with E-state index in [1.54, 1.807) is 0 Å². The first-order chi connectivity index (χ1) is 18.7. The molecule has 0 unspecified atom stereocenters. The fourth-order valence-corrected chi connectivity index (χ4v) is 5.00. The number of aliphatic hydroxyl groups is 1. The van der Waals surface area contributed by atoms with Crippen molar-refractivity contribution in [1.29, 1.82) is 0 Å². The second kappa shape index (κ2) is 15.5. The lowest BCUT2D eigenvalue weighted by molar-refractivity contribution is -0.163. The summed E-state index contributed by atoms with van der Waals surface area (Å²) >= 11 is 0. The summed E-state index contributed by atoms with van der Waals surface area (Å²) in [6, 6.07) is 30.3. The molecule has 3 atom stereocenters. The summed E-state index contributed by atoms with van der Waals surface area (Å²) in [5, 5.41) is 10.1. The van der Waals surface area contributed by atoms with Crippen LogP contribution in [0.5, 0.6) is 0 Å². The zero-order valence-corrected chi connectivity index (χ0v) is 25.2. The van der Waals surface area contributed by atoms with E-state index >= 15 is 0 Å². The second-order valence-corrected chi connectivity index (χ2v) is 16.3. The van der Waals surface area contributed by atoms with Crippen molar-refractivity contribution < 1.29 is 23.7 Å². The summed E-state index contributed by atoms with van der Waals surface area (Å²) in [5.74, 6) is 0. The Kier molecular flexibility index (Phi) is 12.4. The Hall–Kier alpha value is -2.32. The van der Waals surface area contributed by atoms with Crippen LogP contribution in [0.2, 0.25) is 18.1 Å². The number of ether oxygens (including phenoxy) is 3. The van der Waals surface area contributed by atoms with Gasteiger partial charge in [0, 0.05) is 6.61 Å². The monoisotopic (exact) mass is 550 g/mol. The lowest BCUT2D eigenvalue weighted by Crippen LogP contribution is -2.49. The molecule has 0 aliphatic rings. The van der Waals surface area contributed by atoms with Crippen LogP contribution in [-0.4, -0.2) is 44.9 Å². The van der Waals surface area contributed by atoms with Crippen LogP contribution in [0.1, 0.15) is 43.9 Å². The molecule has 3 aromatic rings. The van der Waals surface area contributed by atoms with Crippen molar-refractivity contribution in [3.63, 3.8) is 0 Å². The first-order valence-electron chi connectivity index (χ1n) is 13.9. The fraction of sp³-hybridized carbons (Fsp3) is 0.455. The molecule has 3 aromatic carbocycles. The van der Waals surface area contributed by atoms with Gasteiger partial charge in [0.15, 0.2) is 8.32 Å². The maximum atomic E-state index is 10.0. The van der Waals surface area contributed by atoms with Crippen LogP contribution < -0.4 is 0 Å². The maximum Gasteiger partial charge on any atom is 0.192 e. The minimum Gasteiger partial charge on any atom is -0.414 e. The van der Waals surface area contributed by atoms with Gasteiger partial charge in [-0.3, -0.25) is 0 Å². The molecule has 0 heterocycles. The Balaban J connectivity index is 1.88. The minimum absolute atomic E-state index is 0.0147. The van der Waals surface area contributed by atoms with Gasteiger partial charge in [-0.2, -0.15) is 0 Å². The Morgan fingerprint density at radius 3 is 1.46 bits per heavy atom. The van der Waals surface area contributed by atoms with Gasteiger partial charge in [-0.1, -0.05) is 112 Å². The van der Waals surface area contributed by atoms with Gasteiger partial charge in [0.1, 0.15) is 12.2 Å². The highest BCUT2D eigenvalue weighted by Crippen LogP contribution is 2.37. The van der Waals surface area contributed by atoms with Crippen LogP contribution in [0, 0.1) is 0 Å². The molecule has 39 heavy (non-hydrogen) atoms. The molecule has 0 aromatic heterocycles. The molecule has 1 N–H and O–H groups in total. The third-order valence-corrected chi connectivity index (χ3v) is 12.0. The Morgan fingerprint density at radius 1 is 0.641 bits per heavy atom. The van der Waals surface area contributed by atoms with E-state index in [-0.39, 0.29) is 17.7 Å². The van der Waals surface area contributed by atoms with Crippen molar-refractivity contribution in [3.05, 3.63) is 108 Å². The molecule has 0 spiro atoms. The molecule has 0 saturated heterocycles. The third kappa shape index (κ3) is 10.3. The normalized spacial score (nSPS) is 14.6. The van der Waals surface area contributed by atoms with Gasteiger partial charge < -0.3 is 23.7 Å². The molecule has 0 amide bonds. The van der Waals surface area contributed by atoms with Gasteiger partial charge in [0.25, 0.3) is 0 Å². The van der Waals surface area contributed by atoms with E-state index in [0.29, 0.717) is 32.8 Å². The second-order valence-electron chi connectivity index (χ2n) is 11.5. The van der Waals surface area contributed by atoms with Gasteiger partial charge in [-0.25, -0.2) is 0 Å². The molecule has 5 nitrogen and oxygen atoms in total. The summed E-state index contributed by atoms with van der Waals surface area (Å²) in [4.78, 5) is 0. The average molecular weight is 551 g/mol. The van der Waals surface area contributed by atoms with Gasteiger partial charge >= 0.3 is 0 Å². The van der Waals surface area contributed by atoms with Crippen LogP contribution in [0.3, 0.4) is 0 Å². The molecule has 0 saturated carbocycles. The minimum atomic E-state index is -2.06. The molecule has 3 rings (SSSR count). The van der Waals surface area contributed by atoms with E-state index in [4.69, 9.17) is 18.6 Å². The van der Waals surface area contributed by atoms with Crippen LogP contribution >= 0.6 is 0 Å². The highest BCUT2D eigenvalue weighted by atomic mass is 28.4. The highest BCUT2D eigenvalue weighted by molar-refractivity contribution is 6.74. The van der Waals surface area contributed by atoms with Crippen LogP contribution in [0.25, 0.3) is 0 Å². The van der Waals surface area contributed by atoms with Crippen molar-refractivity contribution in [2.75, 3.05) is 13.2 Å². The summed E-state index contributed by atoms with van der Waals surface area (Å²) in [6.07, 6.45) is -0.801. The quantitative estimate of drug-likeness (QED) is 0.192. The van der Waals surface area contributed by atoms with E-state index in [0.717, 1.165) is 16.7 Å². The Bertz CT molecular complexity index is 1050. The molecule has 6 heteroatoms. The summed E-state index contributed by atoms with van der Waals surface area (Å²) in [5.41, 5.74) is 3.22. The Morgan fingerprint density at radius 2 is 1.05 bits per heavy atom. The van der Waals surface area contributed by atoms with Crippen molar-refractivity contribution in [2.24, 2.45) is 0 Å². The molecule has 0 aliphatic heterocycles. The van der Waals surface area contributed by atoms with E-state index in [1.807, 2.05) is 66.7 Å². The van der Waals surface area contributed by atoms with E-state index in [9.17, 15) is 5.11 Å². The van der Waals surface area contributed by atoms with Gasteiger partial charge in [-0.15, -0.1) is 0 Å². The molecule has 0 bridgehead atoms. The smallest absolute Gasteiger partial charge is 0.192 e. The summed E-state index contributed by atoms with van der Waals surface area (Å²) < 4.78 is 26.3. The SMILES string of the molecule is CC(C)(C)[Si](C)(C)OC[C@@H](OCc1ccccc1)[C@@H](OCc1ccccc1)[C@@H](CCO)OCc1ccccc1. The first kappa shape index (κ1) is 31.2. The number of hydrogen-bond acceptors (Lipinski definition) is 5. The number of rotatable bonds is 16. The zero-order valence-electron chi connectivity index (χ0n) is 24.2. The summed E-state index contributed by atoms with van der Waals surface area (Å²) in [7, 11) is -2.06. The molecule has 0 radical (unpaired) electrons. The molecular formula is C33H46O5Si. The lowest BCUT2D eigenvalue weighted by Gasteiger charge is -2.39. The maximum absolute atomic E-state index is 10.0. The standard InChI is InChI=1S/C33H46O5Si/c1-33(2,3)39(4,5)38-26-31(36-24-28-17-11-7-12-18-28)32(37-25-29-19-13-8-14-20-29)30(21-22-34)35-23-27-15-9-6-10-16-27/h6-20,30-32,34H,21-26H2,1-5H3/t30-,31-,32+/m1/s1. The zero-order chi connectivity index (χ0) is 28.1. The summed E-state index contributed by atoms with van der Waals surface area (Å²) in [6.45, 7) is 12.8. The van der Waals surface area contributed by atoms with E-state index in [1.165, 1.54) is 0 Å². The van der Waals surface area contributed by atoms with Crippen molar-refractivity contribution in [3.8, 4) is 0 Å². The predicted octanol–water partition coefficient (Wildman–Crippen LogP) is 7.15. The molecular weight excluding hydrogens is 504 g/mol. The number of hydrogen-bond donors (Lipinski definition) is 1. The largest absolute Gasteiger partial charge is 0.414 e. The third-order valence-electron chi connectivity index (χ3n) is 7.46. The van der Waals surface area contributed by atoms with E-state index < -0.39 is 20.5 Å². The van der Waals surface area contributed by atoms with Crippen molar-refractivity contribution >= 4 is 8.32 Å². The number of benzene rings is 3. The van der Waals surface area contributed by atoms with Crippen molar-refractivity contribution in [1.82, 2.24) is 0 Å². The molecule has 0 aliphatic carbocycles. The van der Waals surface area contributed by atoms with Gasteiger partial charge in [0.2, 0.25) is 0 Å². The Labute approximate surface area is 236 Å². The van der Waals surface area contributed by atoms with Gasteiger partial charge in [0.05, 0.1) is 32.5 Å². The predicted molar refractivity (Wildman–Crippen MR) is 160 cm³/mol. The molecule has 0 fully saturated rings. The lowest BCUT2D eigenvalue weighted by atomic mass is 10.0. The average Bonchev–Trinajstić information content (AvgIpc) is 2.93. The van der Waals surface area contributed by atoms with Gasteiger partial charge in [-0.05, 0) is 41.2 Å². The van der Waals surface area contributed by atoms with E-state index in [2.05, 4.69) is 58.1 Å². The molecule has 212 valence electrons. The highest BCUT2D eigenvalue weighted by Gasteiger charge is 2.40. The van der Waals surface area contributed by atoms with Crippen LogP contribution in [0.4, 0.5) is 0 Å². The van der Waals surface area contributed by atoms with Crippen LogP contribution in [0.15, 0.2) is 91.0 Å². The van der Waals surface area contributed by atoms with Crippen molar-refractivity contribution in [2.45, 2.75) is 83.5 Å². The topological polar surface area (TPSA) is 57.2 Å².